The van der Waals surface area contributed by atoms with E-state index in [9.17, 15) is 0 Å². The van der Waals surface area contributed by atoms with Gasteiger partial charge < -0.3 is 0 Å². The van der Waals surface area contributed by atoms with Crippen LogP contribution in [0.4, 0.5) is 0 Å². The molecule has 16 heavy (non-hydrogen) atoms. The van der Waals surface area contributed by atoms with Crippen molar-refractivity contribution in [2.45, 2.75) is 31.8 Å². The minimum absolute atomic E-state index is 0.215. The molecule has 0 saturated heterocycles. The SMILES string of the molecule is CN(Cc1ccncc1)C1CCCC1C#N. The fourth-order valence-electron chi connectivity index (χ4n) is 2.51. The summed E-state index contributed by atoms with van der Waals surface area (Å²) in [6.07, 6.45) is 7.03. The Morgan fingerprint density at radius 2 is 2.19 bits per heavy atom. The largest absolute Gasteiger partial charge is 0.298 e. The predicted octanol–water partition coefficient (Wildman–Crippen LogP) is 2.21. The molecule has 2 atom stereocenters. The van der Waals surface area contributed by atoms with Gasteiger partial charge >= 0.3 is 0 Å². The summed E-state index contributed by atoms with van der Waals surface area (Å²) in [7, 11) is 2.11. The first kappa shape index (κ1) is 11.1. The van der Waals surface area contributed by atoms with Gasteiger partial charge in [0.05, 0.1) is 12.0 Å². The summed E-state index contributed by atoms with van der Waals surface area (Å²) in [5.41, 5.74) is 1.26. The van der Waals surface area contributed by atoms with E-state index in [1.54, 1.807) is 0 Å². The molecule has 0 aliphatic heterocycles. The summed E-state index contributed by atoms with van der Waals surface area (Å²) in [4.78, 5) is 6.31. The maximum absolute atomic E-state index is 9.06. The van der Waals surface area contributed by atoms with E-state index >= 15 is 0 Å². The number of nitrogens with zero attached hydrogens (tertiary/aromatic N) is 3. The van der Waals surface area contributed by atoms with Crippen molar-refractivity contribution in [3.05, 3.63) is 30.1 Å². The van der Waals surface area contributed by atoms with Crippen LogP contribution in [0.3, 0.4) is 0 Å². The lowest BCUT2D eigenvalue weighted by atomic mass is 10.0. The molecule has 1 aromatic heterocycles. The van der Waals surface area contributed by atoms with E-state index in [0.717, 1.165) is 19.4 Å². The van der Waals surface area contributed by atoms with E-state index in [1.165, 1.54) is 12.0 Å². The summed E-state index contributed by atoms with van der Waals surface area (Å²) < 4.78 is 0. The molecule has 0 bridgehead atoms. The van der Waals surface area contributed by atoms with Crippen molar-refractivity contribution in [2.75, 3.05) is 7.05 Å². The van der Waals surface area contributed by atoms with E-state index in [2.05, 4.69) is 23.0 Å². The van der Waals surface area contributed by atoms with Gasteiger partial charge in [-0.15, -0.1) is 0 Å². The molecule has 1 aliphatic carbocycles. The van der Waals surface area contributed by atoms with Crippen LogP contribution >= 0.6 is 0 Å². The standard InChI is InChI=1S/C13H17N3/c1-16(10-11-5-7-15-8-6-11)13-4-2-3-12(13)9-14/h5-8,12-13H,2-4,10H2,1H3. The molecule has 0 aromatic carbocycles. The van der Waals surface area contributed by atoms with Crippen LogP contribution in [0.1, 0.15) is 24.8 Å². The quantitative estimate of drug-likeness (QED) is 0.776. The molecule has 0 radical (unpaired) electrons. The van der Waals surface area contributed by atoms with E-state index in [-0.39, 0.29) is 5.92 Å². The first-order valence-electron chi connectivity index (χ1n) is 5.80. The van der Waals surface area contributed by atoms with E-state index in [4.69, 9.17) is 5.26 Å². The molecule has 2 unspecified atom stereocenters. The Morgan fingerprint density at radius 1 is 1.44 bits per heavy atom. The highest BCUT2D eigenvalue weighted by Crippen LogP contribution is 2.29. The van der Waals surface area contributed by atoms with Gasteiger partial charge in [0, 0.05) is 25.0 Å². The summed E-state index contributed by atoms with van der Waals surface area (Å²) in [5.74, 6) is 0.215. The molecule has 1 aromatic rings. The average molecular weight is 215 g/mol. The van der Waals surface area contributed by atoms with Gasteiger partial charge in [-0.2, -0.15) is 5.26 Å². The third-order valence-corrected chi connectivity index (χ3v) is 3.39. The second kappa shape index (κ2) is 5.09. The summed E-state index contributed by atoms with van der Waals surface area (Å²) >= 11 is 0. The topological polar surface area (TPSA) is 39.9 Å². The molecule has 0 amide bonds. The number of pyridine rings is 1. The maximum Gasteiger partial charge on any atom is 0.0672 e. The molecule has 2 rings (SSSR count). The molecule has 84 valence electrons. The Kier molecular flexibility index (Phi) is 3.53. The zero-order valence-corrected chi connectivity index (χ0v) is 9.63. The minimum Gasteiger partial charge on any atom is -0.298 e. The third-order valence-electron chi connectivity index (χ3n) is 3.39. The fraction of sp³-hybridized carbons (Fsp3) is 0.538. The summed E-state index contributed by atoms with van der Waals surface area (Å²) in [5, 5.41) is 9.06. The molecule has 1 aliphatic rings. The van der Waals surface area contributed by atoms with Crippen molar-refractivity contribution in [2.24, 2.45) is 5.92 Å². The van der Waals surface area contributed by atoms with Crippen LogP contribution in [0.15, 0.2) is 24.5 Å². The van der Waals surface area contributed by atoms with Crippen LogP contribution in [0.2, 0.25) is 0 Å². The Balaban J connectivity index is 1.98. The lowest BCUT2D eigenvalue weighted by Crippen LogP contribution is -2.33. The van der Waals surface area contributed by atoms with Crippen molar-refractivity contribution in [1.82, 2.24) is 9.88 Å². The lowest BCUT2D eigenvalue weighted by Gasteiger charge is -2.26. The van der Waals surface area contributed by atoms with Crippen molar-refractivity contribution in [3.8, 4) is 6.07 Å². The first-order valence-corrected chi connectivity index (χ1v) is 5.80. The van der Waals surface area contributed by atoms with Gasteiger partial charge in [-0.1, -0.05) is 6.42 Å². The number of hydrogen-bond acceptors (Lipinski definition) is 3. The second-order valence-electron chi connectivity index (χ2n) is 4.50. The van der Waals surface area contributed by atoms with Crippen molar-refractivity contribution in [3.63, 3.8) is 0 Å². The van der Waals surface area contributed by atoms with Gasteiger partial charge in [-0.3, -0.25) is 9.88 Å². The van der Waals surface area contributed by atoms with E-state index < -0.39 is 0 Å². The third kappa shape index (κ3) is 2.40. The molecule has 0 N–H and O–H groups in total. The highest BCUT2D eigenvalue weighted by Gasteiger charge is 2.30. The molecular formula is C13H17N3. The average Bonchev–Trinajstić information content (AvgIpc) is 2.78. The van der Waals surface area contributed by atoms with Crippen LogP contribution in [0, 0.1) is 17.2 Å². The molecule has 1 fully saturated rings. The van der Waals surface area contributed by atoms with Crippen LogP contribution in [-0.4, -0.2) is 23.0 Å². The molecule has 1 heterocycles. The van der Waals surface area contributed by atoms with Gasteiger partial charge in [-0.05, 0) is 37.6 Å². The number of nitriles is 1. The van der Waals surface area contributed by atoms with Gasteiger partial charge in [-0.25, -0.2) is 0 Å². The molecule has 0 spiro atoms. The van der Waals surface area contributed by atoms with E-state index in [0.29, 0.717) is 6.04 Å². The summed E-state index contributed by atoms with van der Waals surface area (Å²) in [6, 6.07) is 6.92. The minimum atomic E-state index is 0.215. The van der Waals surface area contributed by atoms with Crippen LogP contribution in [-0.2, 0) is 6.54 Å². The molecule has 3 heteroatoms. The Morgan fingerprint density at radius 3 is 2.88 bits per heavy atom. The first-order chi connectivity index (χ1) is 7.81. The van der Waals surface area contributed by atoms with Crippen LogP contribution < -0.4 is 0 Å². The number of aromatic nitrogens is 1. The Labute approximate surface area is 96.7 Å². The van der Waals surface area contributed by atoms with Gasteiger partial charge in [0.2, 0.25) is 0 Å². The zero-order chi connectivity index (χ0) is 11.4. The summed E-state index contributed by atoms with van der Waals surface area (Å²) in [6.45, 7) is 0.908. The Hall–Kier alpha value is -1.40. The lowest BCUT2D eigenvalue weighted by molar-refractivity contribution is 0.212. The fourth-order valence-corrected chi connectivity index (χ4v) is 2.51. The molecule has 3 nitrogen and oxygen atoms in total. The monoisotopic (exact) mass is 215 g/mol. The zero-order valence-electron chi connectivity index (χ0n) is 9.63. The normalized spacial score (nSPS) is 24.6. The van der Waals surface area contributed by atoms with Gasteiger partial charge in [0.25, 0.3) is 0 Å². The number of rotatable bonds is 3. The highest BCUT2D eigenvalue weighted by atomic mass is 15.1. The molecular weight excluding hydrogens is 198 g/mol. The van der Waals surface area contributed by atoms with E-state index in [1.807, 2.05) is 24.5 Å². The smallest absolute Gasteiger partial charge is 0.0672 e. The van der Waals surface area contributed by atoms with Crippen molar-refractivity contribution >= 4 is 0 Å². The number of hydrogen-bond donors (Lipinski definition) is 0. The predicted molar refractivity (Wildman–Crippen MR) is 62.4 cm³/mol. The van der Waals surface area contributed by atoms with Crippen molar-refractivity contribution in [1.29, 1.82) is 5.26 Å². The highest BCUT2D eigenvalue weighted by molar-refractivity contribution is 5.10. The van der Waals surface area contributed by atoms with Crippen LogP contribution in [0.25, 0.3) is 0 Å². The maximum atomic E-state index is 9.06. The van der Waals surface area contributed by atoms with Crippen molar-refractivity contribution < 1.29 is 0 Å². The molecule has 1 saturated carbocycles. The van der Waals surface area contributed by atoms with Crippen LogP contribution in [0.5, 0.6) is 0 Å². The Bertz CT molecular complexity index is 369. The van der Waals surface area contributed by atoms with Gasteiger partial charge in [0.15, 0.2) is 0 Å². The second-order valence-corrected chi connectivity index (χ2v) is 4.50. The van der Waals surface area contributed by atoms with Gasteiger partial charge in [0.1, 0.15) is 0 Å².